The van der Waals surface area contributed by atoms with Gasteiger partial charge in [0.15, 0.2) is 0 Å². The Labute approximate surface area is 112 Å². The normalized spacial score (nSPS) is 10.8. The first kappa shape index (κ1) is 15.0. The maximum Gasteiger partial charge on any atom is 0.311 e. The van der Waals surface area contributed by atoms with E-state index in [1.807, 2.05) is 0 Å². The average Bonchev–Trinajstić information content (AvgIpc) is 2.28. The fourth-order valence-electron chi connectivity index (χ4n) is 1.43. The lowest BCUT2D eigenvalue weighted by molar-refractivity contribution is -0.142. The van der Waals surface area contributed by atoms with E-state index in [1.165, 1.54) is 6.07 Å². The molecule has 1 heterocycles. The molecule has 0 radical (unpaired) electrons. The number of carbonyl (C=O) groups is 1. The van der Waals surface area contributed by atoms with Crippen LogP contribution in [0.2, 0.25) is 0 Å². The van der Waals surface area contributed by atoms with E-state index in [4.69, 9.17) is 10.5 Å². The number of hydrogen-bond donors (Lipinski definition) is 1. The van der Waals surface area contributed by atoms with Crippen molar-refractivity contribution in [1.29, 1.82) is 0 Å². The number of alkyl halides is 2. The van der Waals surface area contributed by atoms with Crippen molar-refractivity contribution in [2.45, 2.75) is 26.3 Å². The number of hydrogen-bond acceptors (Lipinski definition) is 4. The zero-order valence-corrected chi connectivity index (χ0v) is 11.3. The monoisotopic (exact) mass is 322 g/mol. The molecule has 0 amide bonds. The van der Waals surface area contributed by atoms with Crippen LogP contribution < -0.4 is 5.73 Å². The number of esters is 1. The Bertz CT molecular complexity index is 441. The van der Waals surface area contributed by atoms with Crippen LogP contribution in [0.25, 0.3) is 0 Å². The number of pyridine rings is 1. The average molecular weight is 323 g/mol. The minimum Gasteiger partial charge on any atom is -0.466 e. The van der Waals surface area contributed by atoms with Crippen molar-refractivity contribution >= 4 is 21.9 Å². The van der Waals surface area contributed by atoms with Crippen LogP contribution in [0.1, 0.15) is 30.3 Å². The summed E-state index contributed by atoms with van der Waals surface area (Å²) >= 11 is 3.15. The summed E-state index contributed by atoms with van der Waals surface area (Å²) in [5.74, 6) is -0.516. The molecule has 100 valence electrons. The molecule has 0 aliphatic rings. The maximum atomic E-state index is 12.6. The predicted octanol–water partition coefficient (Wildman–Crippen LogP) is 2.35. The van der Waals surface area contributed by atoms with Gasteiger partial charge in [0, 0.05) is 16.6 Å². The summed E-state index contributed by atoms with van der Waals surface area (Å²) in [5, 5.41) is 0. The van der Waals surface area contributed by atoms with Gasteiger partial charge >= 0.3 is 5.97 Å². The quantitative estimate of drug-likeness (QED) is 0.845. The number of aromatic nitrogens is 1. The van der Waals surface area contributed by atoms with Crippen LogP contribution in [0.5, 0.6) is 0 Å². The predicted molar refractivity (Wildman–Crippen MR) is 65.1 cm³/mol. The standard InChI is InChI=1S/C11H13BrF2N2O2/c1-2-18-10(17)4-8-6(5-15)7(12)3-9(16-8)11(13)14/h3,11H,2,4-5,15H2,1H3. The second-order valence-corrected chi connectivity index (χ2v) is 4.30. The SMILES string of the molecule is CCOC(=O)Cc1nc(C(F)F)cc(Br)c1CN. The molecule has 0 atom stereocenters. The molecule has 0 unspecified atom stereocenters. The highest BCUT2D eigenvalue weighted by atomic mass is 79.9. The molecule has 1 rings (SSSR count). The summed E-state index contributed by atoms with van der Waals surface area (Å²) in [6.07, 6.45) is -2.87. The molecule has 0 fully saturated rings. The van der Waals surface area contributed by atoms with Gasteiger partial charge in [-0.2, -0.15) is 0 Å². The Morgan fingerprint density at radius 1 is 1.61 bits per heavy atom. The fourth-order valence-corrected chi connectivity index (χ4v) is 2.06. The lowest BCUT2D eigenvalue weighted by atomic mass is 10.1. The van der Waals surface area contributed by atoms with Gasteiger partial charge in [-0.3, -0.25) is 9.78 Å². The van der Waals surface area contributed by atoms with E-state index in [9.17, 15) is 13.6 Å². The molecule has 0 saturated heterocycles. The molecule has 0 bridgehead atoms. The van der Waals surface area contributed by atoms with Crippen LogP contribution in [0.4, 0.5) is 8.78 Å². The Kier molecular flexibility index (Phi) is 5.61. The van der Waals surface area contributed by atoms with Gasteiger partial charge in [0.1, 0.15) is 5.69 Å². The van der Waals surface area contributed by atoms with E-state index >= 15 is 0 Å². The highest BCUT2D eigenvalue weighted by Gasteiger charge is 2.18. The Hall–Kier alpha value is -1.08. The highest BCUT2D eigenvalue weighted by molar-refractivity contribution is 9.10. The summed E-state index contributed by atoms with van der Waals surface area (Å²) < 4.78 is 30.4. The molecule has 0 saturated carbocycles. The van der Waals surface area contributed by atoms with Gasteiger partial charge in [0.25, 0.3) is 6.43 Å². The summed E-state index contributed by atoms with van der Waals surface area (Å²) in [6.45, 7) is 2.00. The van der Waals surface area contributed by atoms with Gasteiger partial charge in [-0.15, -0.1) is 0 Å². The van der Waals surface area contributed by atoms with Crippen molar-refractivity contribution in [1.82, 2.24) is 4.98 Å². The Morgan fingerprint density at radius 2 is 2.28 bits per heavy atom. The molecular weight excluding hydrogens is 310 g/mol. The molecule has 0 aliphatic carbocycles. The molecule has 0 spiro atoms. The maximum absolute atomic E-state index is 12.6. The van der Waals surface area contributed by atoms with Gasteiger partial charge in [-0.05, 0) is 13.0 Å². The van der Waals surface area contributed by atoms with Crippen molar-refractivity contribution in [2.24, 2.45) is 5.73 Å². The summed E-state index contributed by atoms with van der Waals surface area (Å²) in [6, 6.07) is 1.21. The molecule has 2 N–H and O–H groups in total. The van der Waals surface area contributed by atoms with E-state index in [2.05, 4.69) is 20.9 Å². The Balaban J connectivity index is 3.10. The second kappa shape index (κ2) is 6.75. The number of rotatable bonds is 5. The topological polar surface area (TPSA) is 65.2 Å². The third kappa shape index (κ3) is 3.71. The third-order valence-corrected chi connectivity index (χ3v) is 2.93. The summed E-state index contributed by atoms with van der Waals surface area (Å²) in [7, 11) is 0. The zero-order chi connectivity index (χ0) is 13.7. The Morgan fingerprint density at radius 3 is 2.78 bits per heavy atom. The van der Waals surface area contributed by atoms with Crippen LogP contribution in [0.15, 0.2) is 10.5 Å². The van der Waals surface area contributed by atoms with Crippen molar-refractivity contribution in [3.63, 3.8) is 0 Å². The first-order valence-corrected chi connectivity index (χ1v) is 6.10. The fraction of sp³-hybridized carbons (Fsp3) is 0.455. The van der Waals surface area contributed by atoms with Gasteiger partial charge in [0.05, 0.1) is 18.7 Å². The summed E-state index contributed by atoms with van der Waals surface area (Å²) in [5.41, 5.74) is 5.88. The number of nitrogens with two attached hydrogens (primary N) is 1. The van der Waals surface area contributed by atoms with E-state index < -0.39 is 18.1 Å². The molecule has 0 aromatic carbocycles. The van der Waals surface area contributed by atoms with Crippen LogP contribution >= 0.6 is 15.9 Å². The van der Waals surface area contributed by atoms with E-state index in [-0.39, 0.29) is 25.3 Å². The highest BCUT2D eigenvalue weighted by Crippen LogP contribution is 2.26. The smallest absolute Gasteiger partial charge is 0.311 e. The summed E-state index contributed by atoms with van der Waals surface area (Å²) in [4.78, 5) is 15.1. The minimum absolute atomic E-state index is 0.103. The van der Waals surface area contributed by atoms with Gasteiger partial charge in [-0.1, -0.05) is 15.9 Å². The van der Waals surface area contributed by atoms with E-state index in [1.54, 1.807) is 6.92 Å². The van der Waals surface area contributed by atoms with Gasteiger partial charge in [-0.25, -0.2) is 8.78 Å². The van der Waals surface area contributed by atoms with Crippen LogP contribution in [0, 0.1) is 0 Å². The zero-order valence-electron chi connectivity index (χ0n) is 9.75. The largest absolute Gasteiger partial charge is 0.466 e. The molecule has 4 nitrogen and oxygen atoms in total. The van der Waals surface area contributed by atoms with Crippen LogP contribution in [-0.2, 0) is 22.5 Å². The minimum atomic E-state index is -2.70. The molecular formula is C11H13BrF2N2O2. The molecule has 18 heavy (non-hydrogen) atoms. The second-order valence-electron chi connectivity index (χ2n) is 3.44. The molecule has 0 aliphatic heterocycles. The van der Waals surface area contributed by atoms with E-state index in [0.717, 1.165) is 0 Å². The number of nitrogens with zero attached hydrogens (tertiary/aromatic N) is 1. The number of ether oxygens (including phenoxy) is 1. The first-order valence-electron chi connectivity index (χ1n) is 5.31. The molecule has 1 aromatic heterocycles. The van der Waals surface area contributed by atoms with Crippen molar-refractivity contribution < 1.29 is 18.3 Å². The first-order chi connectivity index (χ1) is 8.49. The lowest BCUT2D eigenvalue weighted by Crippen LogP contribution is -2.14. The van der Waals surface area contributed by atoms with E-state index in [0.29, 0.717) is 10.0 Å². The van der Waals surface area contributed by atoms with Gasteiger partial charge < -0.3 is 10.5 Å². The number of halogens is 3. The van der Waals surface area contributed by atoms with Crippen molar-refractivity contribution in [3.8, 4) is 0 Å². The van der Waals surface area contributed by atoms with Crippen LogP contribution in [-0.4, -0.2) is 17.6 Å². The number of carbonyl (C=O) groups excluding carboxylic acids is 1. The molecule has 1 aromatic rings. The van der Waals surface area contributed by atoms with Gasteiger partial charge in [0.2, 0.25) is 0 Å². The molecule has 7 heteroatoms. The van der Waals surface area contributed by atoms with Crippen molar-refractivity contribution in [2.75, 3.05) is 6.61 Å². The van der Waals surface area contributed by atoms with Crippen molar-refractivity contribution in [3.05, 3.63) is 27.5 Å². The lowest BCUT2D eigenvalue weighted by Gasteiger charge is -2.11. The third-order valence-electron chi connectivity index (χ3n) is 2.22. The van der Waals surface area contributed by atoms with Crippen LogP contribution in [0.3, 0.4) is 0 Å².